The van der Waals surface area contributed by atoms with Gasteiger partial charge in [-0.15, -0.1) is 0 Å². The maximum absolute atomic E-state index is 13.1. The Morgan fingerprint density at radius 1 is 1.00 bits per heavy atom. The Kier molecular flexibility index (Phi) is 4.39. The molecule has 3 heterocycles. The van der Waals surface area contributed by atoms with E-state index in [1.807, 2.05) is 12.3 Å². The molecule has 2 aromatic heterocycles. The minimum Gasteiger partial charge on any atom is -0.338 e. The van der Waals surface area contributed by atoms with Gasteiger partial charge in [0.2, 0.25) is 5.95 Å². The molecule has 0 saturated carbocycles. The molecule has 0 radical (unpaired) electrons. The molecule has 1 fully saturated rings. The number of benzene rings is 1. The molecule has 25 heavy (non-hydrogen) atoms. The average molecular weight is 338 g/mol. The molecule has 7 heteroatoms. The second-order valence-electron chi connectivity index (χ2n) is 6.09. The molecule has 128 valence electrons. The first-order valence-electron chi connectivity index (χ1n) is 8.32. The zero-order valence-corrected chi connectivity index (χ0v) is 13.8. The predicted octanol–water partition coefficient (Wildman–Crippen LogP) is 2.33. The minimum atomic E-state index is -0.232. The molecule has 0 unspecified atom stereocenters. The average Bonchev–Trinajstić information content (AvgIpc) is 3.12. The zero-order valence-electron chi connectivity index (χ0n) is 13.8. The molecule has 1 N–H and O–H groups in total. The van der Waals surface area contributed by atoms with Crippen LogP contribution in [0.2, 0.25) is 0 Å². The van der Waals surface area contributed by atoms with Crippen molar-refractivity contribution >= 4 is 5.95 Å². The zero-order chi connectivity index (χ0) is 17.1. The third-order valence-electron chi connectivity index (χ3n) is 4.45. The summed E-state index contributed by atoms with van der Waals surface area (Å²) >= 11 is 0. The largest absolute Gasteiger partial charge is 0.338 e. The molecule has 0 amide bonds. The van der Waals surface area contributed by atoms with Crippen LogP contribution in [0.15, 0.2) is 48.9 Å². The van der Waals surface area contributed by atoms with Gasteiger partial charge in [-0.2, -0.15) is 5.10 Å². The number of nitrogens with one attached hydrogen (secondary N) is 1. The third kappa shape index (κ3) is 3.51. The van der Waals surface area contributed by atoms with Crippen LogP contribution in [0.4, 0.5) is 10.3 Å². The van der Waals surface area contributed by atoms with Crippen LogP contribution in [-0.4, -0.2) is 51.2 Å². The van der Waals surface area contributed by atoms with Crippen LogP contribution in [0, 0.1) is 5.82 Å². The number of rotatable bonds is 4. The van der Waals surface area contributed by atoms with Crippen LogP contribution in [0.25, 0.3) is 11.3 Å². The lowest BCUT2D eigenvalue weighted by Crippen LogP contribution is -2.46. The van der Waals surface area contributed by atoms with Crippen LogP contribution in [0.3, 0.4) is 0 Å². The normalized spacial score (nSPS) is 15.5. The SMILES string of the molecule is Fc1ccc(-c2[nH]ncc2CN2CCN(c3ncccn3)CC2)cc1. The van der Waals surface area contributed by atoms with E-state index in [4.69, 9.17) is 0 Å². The molecule has 1 saturated heterocycles. The Morgan fingerprint density at radius 2 is 1.72 bits per heavy atom. The monoisotopic (exact) mass is 338 g/mol. The Bertz CT molecular complexity index is 809. The third-order valence-corrected chi connectivity index (χ3v) is 4.45. The van der Waals surface area contributed by atoms with E-state index >= 15 is 0 Å². The molecule has 1 aliphatic heterocycles. The highest BCUT2D eigenvalue weighted by molar-refractivity contribution is 5.62. The number of aromatic amines is 1. The predicted molar refractivity (Wildman–Crippen MR) is 93.5 cm³/mol. The van der Waals surface area contributed by atoms with Gasteiger partial charge in [-0.05, 0) is 30.3 Å². The first-order valence-corrected chi connectivity index (χ1v) is 8.32. The van der Waals surface area contributed by atoms with Crippen molar-refractivity contribution in [1.29, 1.82) is 0 Å². The number of hydrogen-bond acceptors (Lipinski definition) is 5. The van der Waals surface area contributed by atoms with E-state index in [2.05, 4.69) is 30.0 Å². The number of hydrogen-bond donors (Lipinski definition) is 1. The lowest BCUT2D eigenvalue weighted by Gasteiger charge is -2.34. The summed E-state index contributed by atoms with van der Waals surface area (Å²) in [5, 5.41) is 7.21. The van der Waals surface area contributed by atoms with E-state index in [9.17, 15) is 4.39 Å². The summed E-state index contributed by atoms with van der Waals surface area (Å²) in [6, 6.07) is 8.32. The van der Waals surface area contributed by atoms with Crippen LogP contribution < -0.4 is 4.90 Å². The molecule has 0 spiro atoms. The van der Waals surface area contributed by atoms with Gasteiger partial charge >= 0.3 is 0 Å². The summed E-state index contributed by atoms with van der Waals surface area (Å²) < 4.78 is 13.1. The van der Waals surface area contributed by atoms with Gasteiger partial charge in [0.25, 0.3) is 0 Å². The topological polar surface area (TPSA) is 60.9 Å². The van der Waals surface area contributed by atoms with Gasteiger partial charge in [-0.1, -0.05) is 0 Å². The molecule has 3 aromatic rings. The van der Waals surface area contributed by atoms with E-state index < -0.39 is 0 Å². The fourth-order valence-electron chi connectivity index (χ4n) is 3.10. The molecular weight excluding hydrogens is 319 g/mol. The van der Waals surface area contributed by atoms with Crippen molar-refractivity contribution in [3.05, 3.63) is 60.3 Å². The molecule has 1 aromatic carbocycles. The van der Waals surface area contributed by atoms with Gasteiger partial charge in [0.05, 0.1) is 11.9 Å². The maximum atomic E-state index is 13.1. The summed E-state index contributed by atoms with van der Waals surface area (Å²) in [4.78, 5) is 13.2. The highest BCUT2D eigenvalue weighted by Crippen LogP contribution is 2.23. The number of anilines is 1. The van der Waals surface area contributed by atoms with E-state index in [-0.39, 0.29) is 5.82 Å². The Labute approximate surface area is 145 Å². The van der Waals surface area contributed by atoms with Gasteiger partial charge in [0.1, 0.15) is 5.82 Å². The molecular formula is C18H19FN6. The highest BCUT2D eigenvalue weighted by Gasteiger charge is 2.20. The number of nitrogens with zero attached hydrogens (tertiary/aromatic N) is 5. The van der Waals surface area contributed by atoms with Gasteiger partial charge in [0.15, 0.2) is 0 Å². The standard InChI is InChI=1S/C18H19FN6/c19-16-4-2-14(3-5-16)17-15(12-22-23-17)13-24-8-10-25(11-9-24)18-20-6-1-7-21-18/h1-7,12H,8-11,13H2,(H,22,23). The summed E-state index contributed by atoms with van der Waals surface area (Å²) in [5.41, 5.74) is 3.02. The number of aromatic nitrogens is 4. The van der Waals surface area contributed by atoms with E-state index in [0.717, 1.165) is 55.5 Å². The number of H-pyrrole nitrogens is 1. The summed E-state index contributed by atoms with van der Waals surface area (Å²) in [6.45, 7) is 4.48. The molecule has 1 aliphatic rings. The second kappa shape index (κ2) is 6.98. The molecule has 0 atom stereocenters. The van der Waals surface area contributed by atoms with Gasteiger partial charge < -0.3 is 4.90 Å². The summed E-state index contributed by atoms with van der Waals surface area (Å²) in [5.74, 6) is 0.557. The van der Waals surface area contributed by atoms with Crippen molar-refractivity contribution in [2.45, 2.75) is 6.54 Å². The van der Waals surface area contributed by atoms with E-state index in [0.29, 0.717) is 0 Å². The van der Waals surface area contributed by atoms with Crippen LogP contribution in [0.5, 0.6) is 0 Å². The first-order chi connectivity index (χ1) is 12.3. The van der Waals surface area contributed by atoms with Gasteiger partial charge in [0, 0.05) is 56.2 Å². The minimum absolute atomic E-state index is 0.232. The van der Waals surface area contributed by atoms with Crippen molar-refractivity contribution in [3.63, 3.8) is 0 Å². The number of piperazine rings is 1. The van der Waals surface area contributed by atoms with Crippen molar-refractivity contribution in [3.8, 4) is 11.3 Å². The van der Waals surface area contributed by atoms with Crippen LogP contribution in [-0.2, 0) is 6.54 Å². The van der Waals surface area contributed by atoms with Crippen LogP contribution >= 0.6 is 0 Å². The Balaban J connectivity index is 1.41. The first kappa shape index (κ1) is 15.7. The molecule has 6 nitrogen and oxygen atoms in total. The van der Waals surface area contributed by atoms with E-state index in [1.165, 1.54) is 12.1 Å². The smallest absolute Gasteiger partial charge is 0.225 e. The van der Waals surface area contributed by atoms with Crippen molar-refractivity contribution in [1.82, 2.24) is 25.1 Å². The van der Waals surface area contributed by atoms with Crippen molar-refractivity contribution in [2.75, 3.05) is 31.1 Å². The second-order valence-corrected chi connectivity index (χ2v) is 6.09. The fraction of sp³-hybridized carbons (Fsp3) is 0.278. The molecule has 4 rings (SSSR count). The lowest BCUT2D eigenvalue weighted by atomic mass is 10.1. The number of halogens is 1. The molecule has 0 bridgehead atoms. The van der Waals surface area contributed by atoms with Gasteiger partial charge in [-0.3, -0.25) is 10.00 Å². The lowest BCUT2D eigenvalue weighted by molar-refractivity contribution is 0.249. The van der Waals surface area contributed by atoms with Crippen molar-refractivity contribution in [2.24, 2.45) is 0 Å². The molecule has 0 aliphatic carbocycles. The van der Waals surface area contributed by atoms with E-state index in [1.54, 1.807) is 24.5 Å². The Hall–Kier alpha value is -2.80. The summed E-state index contributed by atoms with van der Waals surface area (Å²) in [6.07, 6.45) is 5.40. The summed E-state index contributed by atoms with van der Waals surface area (Å²) in [7, 11) is 0. The van der Waals surface area contributed by atoms with Gasteiger partial charge in [-0.25, -0.2) is 14.4 Å². The Morgan fingerprint density at radius 3 is 2.44 bits per heavy atom. The quantitative estimate of drug-likeness (QED) is 0.791. The maximum Gasteiger partial charge on any atom is 0.225 e. The highest BCUT2D eigenvalue weighted by atomic mass is 19.1. The fourth-order valence-corrected chi connectivity index (χ4v) is 3.10. The van der Waals surface area contributed by atoms with Crippen LogP contribution in [0.1, 0.15) is 5.56 Å². The van der Waals surface area contributed by atoms with Crippen molar-refractivity contribution < 1.29 is 4.39 Å².